The maximum absolute atomic E-state index is 12.1. The molecule has 10 heteroatoms. The molecule has 2 rings (SSSR count). The molecule has 0 aliphatic rings. The van der Waals surface area contributed by atoms with Crippen LogP contribution in [0, 0.1) is 17.0 Å². The van der Waals surface area contributed by atoms with Crippen LogP contribution < -0.4 is 4.83 Å². The van der Waals surface area contributed by atoms with E-state index in [9.17, 15) is 18.5 Å². The third-order valence-electron chi connectivity index (χ3n) is 2.65. The van der Waals surface area contributed by atoms with Crippen LogP contribution in [0.2, 0.25) is 0 Å². The zero-order valence-electron chi connectivity index (χ0n) is 11.2. The number of aryl methyl sites for hydroxylation is 1. The molecule has 2 aromatic rings. The Kier molecular flexibility index (Phi) is 4.94. The average molecular weight is 404 g/mol. The molecule has 1 heterocycles. The lowest BCUT2D eigenvalue weighted by Crippen LogP contribution is -2.18. The third-order valence-corrected chi connectivity index (χ3v) is 5.42. The van der Waals surface area contributed by atoms with Crippen LogP contribution in [0.5, 0.6) is 0 Å². The Hall–Kier alpha value is -1.78. The second-order valence-electron chi connectivity index (χ2n) is 4.20. The smallest absolute Gasteiger partial charge is 0.258 e. The van der Waals surface area contributed by atoms with Gasteiger partial charge in [-0.2, -0.15) is 13.5 Å². The van der Waals surface area contributed by atoms with Gasteiger partial charge in [-0.3, -0.25) is 10.1 Å². The van der Waals surface area contributed by atoms with Crippen LogP contribution in [0.3, 0.4) is 0 Å². The second-order valence-corrected chi connectivity index (χ2v) is 8.36. The quantitative estimate of drug-likeness (QED) is 0.470. The number of rotatable bonds is 5. The van der Waals surface area contributed by atoms with Crippen molar-refractivity contribution in [2.24, 2.45) is 5.10 Å². The van der Waals surface area contributed by atoms with Crippen LogP contribution in [0.4, 0.5) is 5.69 Å². The summed E-state index contributed by atoms with van der Waals surface area (Å²) in [6.07, 6.45) is 1.36. The standard InChI is InChI=1S/C12H10BrN3O4S2/c1-8-2-4-10(6-11(8)16(17)18)22(19,20)15-14-7-9-3-5-12(13)21-9/h2-7,15H,1H3/b14-7-. The van der Waals surface area contributed by atoms with Crippen molar-refractivity contribution in [3.63, 3.8) is 0 Å². The molecule has 0 fully saturated rings. The number of halogens is 1. The van der Waals surface area contributed by atoms with Crippen LogP contribution in [-0.4, -0.2) is 19.6 Å². The van der Waals surface area contributed by atoms with Gasteiger partial charge in [0.1, 0.15) is 0 Å². The summed E-state index contributed by atoms with van der Waals surface area (Å²) in [6, 6.07) is 7.26. The van der Waals surface area contributed by atoms with Gasteiger partial charge in [0.25, 0.3) is 15.7 Å². The lowest BCUT2D eigenvalue weighted by atomic mass is 10.2. The maximum atomic E-state index is 12.1. The first kappa shape index (κ1) is 16.6. The molecule has 0 unspecified atom stereocenters. The SMILES string of the molecule is Cc1ccc(S(=O)(=O)N/N=C\c2ccc(Br)s2)cc1[N+](=O)[O-]. The number of sulfonamides is 1. The largest absolute Gasteiger partial charge is 0.276 e. The van der Waals surface area contributed by atoms with E-state index in [1.54, 1.807) is 6.07 Å². The number of nitrogens with zero attached hydrogens (tertiary/aromatic N) is 2. The summed E-state index contributed by atoms with van der Waals surface area (Å²) in [5.41, 5.74) is 0.130. The molecular formula is C12H10BrN3O4S2. The normalized spacial score (nSPS) is 11.7. The van der Waals surface area contributed by atoms with Crippen molar-refractivity contribution < 1.29 is 13.3 Å². The molecule has 22 heavy (non-hydrogen) atoms. The summed E-state index contributed by atoms with van der Waals surface area (Å²) < 4.78 is 25.0. The van der Waals surface area contributed by atoms with Crippen molar-refractivity contribution in [2.45, 2.75) is 11.8 Å². The molecule has 116 valence electrons. The Morgan fingerprint density at radius 2 is 2.09 bits per heavy atom. The third kappa shape index (κ3) is 3.90. The fourth-order valence-electron chi connectivity index (χ4n) is 1.56. The fraction of sp³-hybridized carbons (Fsp3) is 0.0833. The highest BCUT2D eigenvalue weighted by Crippen LogP contribution is 2.22. The van der Waals surface area contributed by atoms with Crippen molar-refractivity contribution >= 4 is 49.2 Å². The molecule has 0 bridgehead atoms. The summed E-state index contributed by atoms with van der Waals surface area (Å²) >= 11 is 4.67. The molecule has 0 saturated carbocycles. The summed E-state index contributed by atoms with van der Waals surface area (Å²) in [5.74, 6) is 0. The van der Waals surface area contributed by atoms with Gasteiger partial charge in [0, 0.05) is 16.5 Å². The Bertz CT molecular complexity index is 846. The molecule has 0 atom stereocenters. The highest BCUT2D eigenvalue weighted by Gasteiger charge is 2.19. The minimum Gasteiger partial charge on any atom is -0.258 e. The van der Waals surface area contributed by atoms with E-state index in [0.29, 0.717) is 5.56 Å². The molecule has 1 aromatic heterocycles. The van der Waals surface area contributed by atoms with Gasteiger partial charge in [0.05, 0.1) is 19.8 Å². The van der Waals surface area contributed by atoms with Crippen molar-refractivity contribution in [3.8, 4) is 0 Å². The van der Waals surface area contributed by atoms with Crippen molar-refractivity contribution in [3.05, 3.63) is 54.7 Å². The van der Waals surface area contributed by atoms with Crippen LogP contribution in [0.25, 0.3) is 0 Å². The van der Waals surface area contributed by atoms with Crippen LogP contribution >= 0.6 is 27.3 Å². The predicted octanol–water partition coefficient (Wildman–Crippen LogP) is 3.04. The van der Waals surface area contributed by atoms with Gasteiger partial charge in [0.2, 0.25) is 0 Å². The van der Waals surface area contributed by atoms with E-state index in [-0.39, 0.29) is 10.6 Å². The molecule has 0 amide bonds. The van der Waals surface area contributed by atoms with Crippen molar-refractivity contribution in [1.29, 1.82) is 0 Å². The van der Waals surface area contributed by atoms with Gasteiger partial charge >= 0.3 is 0 Å². The minimum atomic E-state index is -3.96. The molecule has 0 radical (unpaired) electrons. The number of benzene rings is 1. The number of nitrogens with one attached hydrogen (secondary N) is 1. The molecule has 0 aliphatic heterocycles. The van der Waals surface area contributed by atoms with E-state index < -0.39 is 14.9 Å². The molecule has 0 aliphatic carbocycles. The second kappa shape index (κ2) is 6.55. The van der Waals surface area contributed by atoms with E-state index in [0.717, 1.165) is 14.7 Å². The van der Waals surface area contributed by atoms with E-state index in [1.807, 2.05) is 10.9 Å². The lowest BCUT2D eigenvalue weighted by Gasteiger charge is -2.04. The highest BCUT2D eigenvalue weighted by molar-refractivity contribution is 9.11. The first-order valence-corrected chi connectivity index (χ1v) is 8.94. The fourth-order valence-corrected chi connectivity index (χ4v) is 3.67. The van der Waals surface area contributed by atoms with Gasteiger partial charge in [-0.1, -0.05) is 6.07 Å². The number of hydrazone groups is 1. The van der Waals surface area contributed by atoms with E-state index in [4.69, 9.17) is 0 Å². The van der Waals surface area contributed by atoms with Gasteiger partial charge in [-0.15, -0.1) is 11.3 Å². The molecule has 0 saturated heterocycles. The number of nitro groups is 1. The zero-order chi connectivity index (χ0) is 16.3. The number of thiophene rings is 1. The van der Waals surface area contributed by atoms with E-state index in [2.05, 4.69) is 21.0 Å². The Morgan fingerprint density at radius 3 is 2.68 bits per heavy atom. The highest BCUT2D eigenvalue weighted by atomic mass is 79.9. The zero-order valence-corrected chi connectivity index (χ0v) is 14.4. The molecule has 1 aromatic carbocycles. The van der Waals surface area contributed by atoms with Crippen LogP contribution in [0.1, 0.15) is 10.4 Å². The summed E-state index contributed by atoms with van der Waals surface area (Å²) in [7, 11) is -3.96. The molecule has 0 spiro atoms. The number of hydrogen-bond donors (Lipinski definition) is 1. The molecule has 7 nitrogen and oxygen atoms in total. The van der Waals surface area contributed by atoms with Crippen LogP contribution in [-0.2, 0) is 10.0 Å². The van der Waals surface area contributed by atoms with Gasteiger partial charge in [-0.25, -0.2) is 4.83 Å². The maximum Gasteiger partial charge on any atom is 0.276 e. The first-order chi connectivity index (χ1) is 10.3. The van der Waals surface area contributed by atoms with E-state index in [1.165, 1.54) is 36.6 Å². The molecular weight excluding hydrogens is 394 g/mol. The predicted molar refractivity (Wildman–Crippen MR) is 87.8 cm³/mol. The number of hydrogen-bond acceptors (Lipinski definition) is 6. The lowest BCUT2D eigenvalue weighted by molar-refractivity contribution is -0.385. The van der Waals surface area contributed by atoms with Crippen molar-refractivity contribution in [1.82, 2.24) is 4.83 Å². The van der Waals surface area contributed by atoms with Crippen LogP contribution in [0.15, 0.2) is 44.1 Å². The summed E-state index contributed by atoms with van der Waals surface area (Å²) in [4.78, 5) is 12.8. The summed E-state index contributed by atoms with van der Waals surface area (Å²) in [5, 5.41) is 14.5. The minimum absolute atomic E-state index is 0.214. The first-order valence-electron chi connectivity index (χ1n) is 5.85. The van der Waals surface area contributed by atoms with Gasteiger partial charge in [0.15, 0.2) is 0 Å². The Balaban J connectivity index is 2.22. The summed E-state index contributed by atoms with van der Waals surface area (Å²) in [6.45, 7) is 1.54. The van der Waals surface area contributed by atoms with Crippen molar-refractivity contribution in [2.75, 3.05) is 0 Å². The topological polar surface area (TPSA) is 102 Å². The monoisotopic (exact) mass is 403 g/mol. The number of nitro benzene ring substituents is 1. The Labute approximate surface area is 139 Å². The average Bonchev–Trinajstić information content (AvgIpc) is 2.84. The van der Waals surface area contributed by atoms with E-state index >= 15 is 0 Å². The van der Waals surface area contributed by atoms with Gasteiger partial charge in [-0.05, 0) is 41.1 Å². The Morgan fingerprint density at radius 1 is 1.36 bits per heavy atom. The molecule has 1 N–H and O–H groups in total. The van der Waals surface area contributed by atoms with Gasteiger partial charge < -0.3 is 0 Å².